The fourth-order valence-corrected chi connectivity index (χ4v) is 3.79. The zero-order chi connectivity index (χ0) is 24.8. The Bertz CT molecular complexity index is 1280. The van der Waals surface area contributed by atoms with Crippen molar-refractivity contribution >= 4 is 28.6 Å². The second kappa shape index (κ2) is 8.42. The summed E-state index contributed by atoms with van der Waals surface area (Å²) in [7, 11) is 0. The second-order valence-electron chi connectivity index (χ2n) is 7.50. The van der Waals surface area contributed by atoms with Crippen LogP contribution in [0, 0.1) is 6.92 Å². The number of aryl methyl sites for hydroxylation is 1. The first kappa shape index (κ1) is 23.7. The number of aromatic amines is 2. The number of rotatable bonds is 5. The quantitative estimate of drug-likeness (QED) is 0.285. The van der Waals surface area contributed by atoms with Gasteiger partial charge >= 0.3 is 12.4 Å². The Morgan fingerprint density at radius 3 is 2.21 bits per heavy atom. The Kier molecular flexibility index (Phi) is 5.87. The fourth-order valence-electron chi connectivity index (χ4n) is 3.49. The number of alkyl halides is 6. The molecule has 1 unspecified atom stereocenters. The van der Waals surface area contributed by atoms with Crippen molar-refractivity contribution in [3.8, 4) is 0 Å². The Labute approximate surface area is 192 Å². The van der Waals surface area contributed by atoms with E-state index in [4.69, 9.17) is 11.6 Å². The summed E-state index contributed by atoms with van der Waals surface area (Å²) in [6.07, 6.45) is -9.95. The number of benzene rings is 1. The van der Waals surface area contributed by atoms with Gasteiger partial charge in [-0.1, -0.05) is 16.7 Å². The summed E-state index contributed by atoms with van der Waals surface area (Å²) >= 11 is 6.34. The van der Waals surface area contributed by atoms with E-state index in [1.807, 2.05) is 0 Å². The van der Waals surface area contributed by atoms with Crippen LogP contribution in [0.2, 0.25) is 5.15 Å². The van der Waals surface area contributed by atoms with Crippen LogP contribution in [-0.2, 0) is 18.9 Å². The maximum absolute atomic E-state index is 13.3. The smallest absolute Gasteiger partial charge is 0.327 e. The summed E-state index contributed by atoms with van der Waals surface area (Å²) in [5.41, 5.74) is -1.61. The van der Waals surface area contributed by atoms with Crippen molar-refractivity contribution in [2.45, 2.75) is 38.8 Å². The van der Waals surface area contributed by atoms with E-state index in [2.05, 4.69) is 35.8 Å². The Hall–Kier alpha value is -3.42. The summed E-state index contributed by atoms with van der Waals surface area (Å²) < 4.78 is 79.9. The maximum atomic E-state index is 13.3. The number of nitrogens with zero attached hydrogens (tertiary/aromatic N) is 6. The molecule has 8 nitrogen and oxygen atoms in total. The highest BCUT2D eigenvalue weighted by atomic mass is 35.5. The summed E-state index contributed by atoms with van der Waals surface area (Å²) in [5.74, 6) is -0.0569. The SMILES string of the molecule is Cc1n[nH]c2nc(Cl)c(C(C)N(Cc3cc(C(F)(F)F)cc(C(F)(F)F)c3)c3nn[nH]n3)cc12. The molecule has 3 heterocycles. The number of hydrogen-bond acceptors (Lipinski definition) is 6. The third-order valence-corrected chi connectivity index (χ3v) is 5.53. The van der Waals surface area contributed by atoms with E-state index < -0.39 is 36.1 Å². The van der Waals surface area contributed by atoms with Crippen molar-refractivity contribution in [3.63, 3.8) is 0 Å². The molecule has 0 aliphatic carbocycles. The number of pyridine rings is 1. The Balaban J connectivity index is 1.80. The van der Waals surface area contributed by atoms with Gasteiger partial charge in [0.05, 0.1) is 22.9 Å². The lowest BCUT2D eigenvalue weighted by Gasteiger charge is -2.29. The molecule has 15 heteroatoms. The normalized spacial score (nSPS) is 13.4. The van der Waals surface area contributed by atoms with E-state index >= 15 is 0 Å². The molecular weight excluding hydrogens is 490 g/mol. The molecule has 0 aliphatic rings. The minimum Gasteiger partial charge on any atom is -0.327 e. The lowest BCUT2D eigenvalue weighted by atomic mass is 10.0. The molecule has 34 heavy (non-hydrogen) atoms. The molecule has 4 aromatic rings. The number of hydrogen-bond donors (Lipinski definition) is 2. The van der Waals surface area contributed by atoms with Gasteiger partial charge < -0.3 is 4.90 Å². The lowest BCUT2D eigenvalue weighted by molar-refractivity contribution is -0.143. The number of fused-ring (bicyclic) bond motifs is 1. The molecule has 0 spiro atoms. The number of halogens is 7. The highest BCUT2D eigenvalue weighted by Crippen LogP contribution is 2.38. The zero-order valence-corrected chi connectivity index (χ0v) is 18.2. The first-order valence-corrected chi connectivity index (χ1v) is 10.0. The van der Waals surface area contributed by atoms with Crippen LogP contribution >= 0.6 is 11.6 Å². The first-order chi connectivity index (χ1) is 15.8. The van der Waals surface area contributed by atoms with Crippen LogP contribution in [0.1, 0.15) is 40.9 Å². The molecule has 0 amide bonds. The summed E-state index contributed by atoms with van der Waals surface area (Å²) in [4.78, 5) is 5.60. The van der Waals surface area contributed by atoms with Gasteiger partial charge in [0.2, 0.25) is 0 Å². The predicted molar refractivity (Wildman–Crippen MR) is 109 cm³/mol. The predicted octanol–water partition coefficient (Wildman–Crippen LogP) is 5.24. The molecule has 1 aromatic carbocycles. The van der Waals surface area contributed by atoms with Crippen LogP contribution in [0.4, 0.5) is 32.3 Å². The molecule has 1 atom stereocenters. The number of anilines is 1. The minimum absolute atomic E-state index is 0.0569. The standard InChI is InChI=1S/C19H15ClF6N8/c1-8-13-6-14(15(20)27-16(13)29-28-8)9(2)34(17-30-32-33-31-17)7-10-3-11(18(21,22)23)5-12(4-10)19(24,25)26/h3-6,9H,7H2,1-2H3,(H,27,28,29)(H,30,31,32,33). The topological polar surface area (TPSA) is 99.3 Å². The minimum atomic E-state index is -4.98. The van der Waals surface area contributed by atoms with E-state index in [0.717, 1.165) is 0 Å². The van der Waals surface area contributed by atoms with Gasteiger partial charge in [-0.2, -0.15) is 36.7 Å². The van der Waals surface area contributed by atoms with Crippen LogP contribution in [0.5, 0.6) is 0 Å². The first-order valence-electron chi connectivity index (χ1n) is 9.64. The molecule has 0 aliphatic heterocycles. The monoisotopic (exact) mass is 504 g/mol. The second-order valence-corrected chi connectivity index (χ2v) is 7.86. The number of aromatic nitrogens is 7. The van der Waals surface area contributed by atoms with Crippen molar-refractivity contribution in [2.24, 2.45) is 0 Å². The van der Waals surface area contributed by atoms with Gasteiger partial charge in [0.25, 0.3) is 5.95 Å². The van der Waals surface area contributed by atoms with E-state index in [1.54, 1.807) is 19.9 Å². The summed E-state index contributed by atoms with van der Waals surface area (Å²) in [5, 5.41) is 20.9. The molecule has 3 aromatic heterocycles. The van der Waals surface area contributed by atoms with Crippen molar-refractivity contribution in [1.29, 1.82) is 0 Å². The third-order valence-electron chi connectivity index (χ3n) is 5.23. The molecular formula is C19H15ClF6N8. The van der Waals surface area contributed by atoms with Crippen molar-refractivity contribution in [3.05, 3.63) is 57.4 Å². The molecule has 0 fully saturated rings. The fraction of sp³-hybridized carbons (Fsp3) is 0.316. The number of tetrazole rings is 1. The van der Waals surface area contributed by atoms with Gasteiger partial charge in [-0.25, -0.2) is 4.98 Å². The van der Waals surface area contributed by atoms with Crippen LogP contribution in [-0.4, -0.2) is 35.8 Å². The zero-order valence-electron chi connectivity index (χ0n) is 17.4. The summed E-state index contributed by atoms with van der Waals surface area (Å²) in [6.45, 7) is 2.96. The van der Waals surface area contributed by atoms with Crippen molar-refractivity contribution < 1.29 is 26.3 Å². The molecule has 0 saturated carbocycles. The van der Waals surface area contributed by atoms with Crippen LogP contribution in [0.3, 0.4) is 0 Å². The van der Waals surface area contributed by atoms with Gasteiger partial charge in [-0.05, 0) is 48.9 Å². The Morgan fingerprint density at radius 2 is 1.65 bits per heavy atom. The average molecular weight is 505 g/mol. The van der Waals surface area contributed by atoms with Crippen molar-refractivity contribution in [2.75, 3.05) is 4.90 Å². The van der Waals surface area contributed by atoms with Gasteiger partial charge in [0.1, 0.15) is 5.15 Å². The molecule has 2 N–H and O–H groups in total. The Morgan fingerprint density at radius 1 is 1.00 bits per heavy atom. The maximum Gasteiger partial charge on any atom is 0.416 e. The van der Waals surface area contributed by atoms with E-state index in [0.29, 0.717) is 34.4 Å². The van der Waals surface area contributed by atoms with Crippen LogP contribution in [0.15, 0.2) is 24.3 Å². The van der Waals surface area contributed by atoms with Crippen LogP contribution in [0.25, 0.3) is 11.0 Å². The number of nitrogens with one attached hydrogen (secondary N) is 2. The van der Waals surface area contributed by atoms with Gasteiger partial charge in [0.15, 0.2) is 5.65 Å². The van der Waals surface area contributed by atoms with Gasteiger partial charge in [-0.15, -0.1) is 5.10 Å². The average Bonchev–Trinajstić information content (AvgIpc) is 3.40. The van der Waals surface area contributed by atoms with Crippen molar-refractivity contribution in [1.82, 2.24) is 35.8 Å². The molecule has 0 bridgehead atoms. The molecule has 0 saturated heterocycles. The summed E-state index contributed by atoms with van der Waals surface area (Å²) in [6, 6.07) is 2.34. The van der Waals surface area contributed by atoms with Gasteiger partial charge in [-0.3, -0.25) is 5.10 Å². The molecule has 0 radical (unpaired) electrons. The molecule has 180 valence electrons. The highest BCUT2D eigenvalue weighted by molar-refractivity contribution is 6.30. The van der Waals surface area contributed by atoms with E-state index in [-0.39, 0.29) is 22.7 Å². The molecule has 4 rings (SSSR count). The van der Waals surface area contributed by atoms with E-state index in [9.17, 15) is 26.3 Å². The van der Waals surface area contributed by atoms with E-state index in [1.165, 1.54) is 4.90 Å². The number of H-pyrrole nitrogens is 2. The van der Waals surface area contributed by atoms with Gasteiger partial charge in [0, 0.05) is 17.5 Å². The largest absolute Gasteiger partial charge is 0.416 e. The lowest BCUT2D eigenvalue weighted by Crippen LogP contribution is -2.28. The van der Waals surface area contributed by atoms with Crippen LogP contribution < -0.4 is 4.90 Å². The highest BCUT2D eigenvalue weighted by Gasteiger charge is 2.37. The third kappa shape index (κ3) is 4.62.